The fourth-order valence-electron chi connectivity index (χ4n) is 4.07. The van der Waals surface area contributed by atoms with E-state index in [1.54, 1.807) is 0 Å². The molecule has 7 nitrogen and oxygen atoms in total. The van der Waals surface area contributed by atoms with E-state index in [1.807, 2.05) is 33.7 Å². The van der Waals surface area contributed by atoms with Gasteiger partial charge in [-0.05, 0) is 44.2 Å². The van der Waals surface area contributed by atoms with E-state index in [2.05, 4.69) is 5.32 Å². The number of carbonyl (C=O) groups is 2. The third-order valence-electron chi connectivity index (χ3n) is 5.61. The van der Waals surface area contributed by atoms with Crippen molar-refractivity contribution in [3.63, 3.8) is 0 Å². The van der Waals surface area contributed by atoms with Crippen molar-refractivity contribution in [2.45, 2.75) is 51.2 Å². The molecule has 2 saturated heterocycles. The summed E-state index contributed by atoms with van der Waals surface area (Å²) >= 11 is 0. The molecule has 0 spiro atoms. The van der Waals surface area contributed by atoms with Gasteiger partial charge in [-0.25, -0.2) is 4.98 Å². The van der Waals surface area contributed by atoms with Crippen LogP contribution in [0, 0.1) is 0 Å². The first kappa shape index (κ1) is 18.9. The van der Waals surface area contributed by atoms with Crippen LogP contribution in [0.2, 0.25) is 0 Å². The van der Waals surface area contributed by atoms with Crippen LogP contribution in [0.15, 0.2) is 24.3 Å². The van der Waals surface area contributed by atoms with Gasteiger partial charge < -0.3 is 19.5 Å². The first-order chi connectivity index (χ1) is 13.7. The van der Waals surface area contributed by atoms with Crippen LogP contribution in [0.5, 0.6) is 0 Å². The first-order valence-corrected chi connectivity index (χ1v) is 10.3. The minimum Gasteiger partial charge on any atom is -0.368 e. The molecule has 0 aliphatic carbocycles. The summed E-state index contributed by atoms with van der Waals surface area (Å²) in [6.07, 6.45) is 5.35. The number of fused-ring (bicyclic) bond motifs is 1. The number of likely N-dealkylation sites (tertiary alicyclic amines) is 1. The Balaban J connectivity index is 1.45. The predicted octanol–water partition coefficient (Wildman–Crippen LogP) is 1.89. The fraction of sp³-hybridized carbons (Fsp3) is 0.571. The molecule has 1 aromatic heterocycles. The molecule has 2 amide bonds. The number of aromatic nitrogens is 2. The van der Waals surface area contributed by atoms with Gasteiger partial charge in [0.15, 0.2) is 0 Å². The number of hydrogen-bond acceptors (Lipinski definition) is 4. The maximum atomic E-state index is 12.8. The number of ether oxygens (including phenoxy) is 1. The van der Waals surface area contributed by atoms with E-state index in [1.165, 1.54) is 6.42 Å². The van der Waals surface area contributed by atoms with E-state index in [9.17, 15) is 9.59 Å². The zero-order valence-corrected chi connectivity index (χ0v) is 16.2. The van der Waals surface area contributed by atoms with E-state index in [4.69, 9.17) is 9.72 Å². The Kier molecular flexibility index (Phi) is 5.90. The van der Waals surface area contributed by atoms with Gasteiger partial charge in [-0.2, -0.15) is 0 Å². The molecule has 2 aromatic rings. The van der Waals surface area contributed by atoms with Crippen molar-refractivity contribution < 1.29 is 14.3 Å². The van der Waals surface area contributed by atoms with Crippen LogP contribution >= 0.6 is 0 Å². The highest BCUT2D eigenvalue weighted by atomic mass is 16.5. The average molecular weight is 384 g/mol. The van der Waals surface area contributed by atoms with E-state index in [0.29, 0.717) is 26.1 Å². The standard InChI is InChI=1S/C21H28N4O3/c26-20(24-12-4-1-5-13-24)15-25-17-8-3-2-7-16(17)23-19(25)10-11-22-21(27)18-9-6-14-28-18/h2-3,7-8,18H,1,4-6,9-15H2,(H,22,27). The molecule has 1 aromatic carbocycles. The van der Waals surface area contributed by atoms with Crippen LogP contribution in [0.1, 0.15) is 37.9 Å². The van der Waals surface area contributed by atoms with Gasteiger partial charge in [-0.15, -0.1) is 0 Å². The lowest BCUT2D eigenvalue weighted by Crippen LogP contribution is -2.38. The average Bonchev–Trinajstić information content (AvgIpc) is 3.38. The van der Waals surface area contributed by atoms with Crippen LogP contribution in [-0.2, 0) is 27.3 Å². The molecule has 150 valence electrons. The minimum absolute atomic E-state index is 0.0513. The number of nitrogens with one attached hydrogen (secondary N) is 1. The summed E-state index contributed by atoms with van der Waals surface area (Å²) in [6.45, 7) is 3.14. The maximum Gasteiger partial charge on any atom is 0.249 e. The lowest BCUT2D eigenvalue weighted by atomic mass is 10.1. The largest absolute Gasteiger partial charge is 0.368 e. The van der Waals surface area contributed by atoms with Gasteiger partial charge in [0, 0.05) is 32.7 Å². The molecular weight excluding hydrogens is 356 g/mol. The number of benzene rings is 1. The molecule has 1 unspecified atom stereocenters. The molecule has 2 aliphatic rings. The van der Waals surface area contributed by atoms with E-state index < -0.39 is 0 Å². The highest BCUT2D eigenvalue weighted by Gasteiger charge is 2.24. The van der Waals surface area contributed by atoms with Crippen molar-refractivity contribution in [3.05, 3.63) is 30.1 Å². The van der Waals surface area contributed by atoms with Gasteiger partial charge in [0.05, 0.1) is 11.0 Å². The number of nitrogens with zero attached hydrogens (tertiary/aromatic N) is 3. The summed E-state index contributed by atoms with van der Waals surface area (Å²) in [7, 11) is 0. The Morgan fingerprint density at radius 2 is 1.96 bits per heavy atom. The number of amides is 2. The predicted molar refractivity (Wildman–Crippen MR) is 106 cm³/mol. The maximum absolute atomic E-state index is 12.8. The van der Waals surface area contributed by atoms with E-state index in [0.717, 1.165) is 55.6 Å². The molecule has 4 rings (SSSR count). The van der Waals surface area contributed by atoms with Crippen molar-refractivity contribution in [2.75, 3.05) is 26.2 Å². The Morgan fingerprint density at radius 1 is 1.14 bits per heavy atom. The molecule has 0 bridgehead atoms. The number of piperidine rings is 1. The second-order valence-corrected chi connectivity index (χ2v) is 7.59. The SMILES string of the molecule is O=C(NCCc1nc2ccccc2n1CC(=O)N1CCCCC1)C1CCCO1. The molecule has 0 saturated carbocycles. The van der Waals surface area contributed by atoms with Gasteiger partial charge in [-0.1, -0.05) is 12.1 Å². The van der Waals surface area contributed by atoms with E-state index in [-0.39, 0.29) is 17.9 Å². The number of hydrogen-bond donors (Lipinski definition) is 1. The van der Waals surface area contributed by atoms with Gasteiger partial charge >= 0.3 is 0 Å². The summed E-state index contributed by atoms with van der Waals surface area (Å²) in [5.41, 5.74) is 1.85. The summed E-state index contributed by atoms with van der Waals surface area (Å²) in [5, 5.41) is 2.95. The molecule has 28 heavy (non-hydrogen) atoms. The molecule has 3 heterocycles. The normalized spacial score (nSPS) is 19.9. The molecule has 2 fully saturated rings. The Morgan fingerprint density at radius 3 is 2.75 bits per heavy atom. The van der Waals surface area contributed by atoms with Crippen molar-refractivity contribution in [3.8, 4) is 0 Å². The Labute approximate surface area is 165 Å². The third-order valence-corrected chi connectivity index (χ3v) is 5.61. The van der Waals surface area contributed by atoms with Crippen molar-refractivity contribution >= 4 is 22.8 Å². The number of rotatable bonds is 6. The lowest BCUT2D eigenvalue weighted by molar-refractivity contribution is -0.132. The summed E-state index contributed by atoms with van der Waals surface area (Å²) < 4.78 is 7.43. The topological polar surface area (TPSA) is 76.5 Å². The number of carbonyl (C=O) groups excluding carboxylic acids is 2. The van der Waals surface area contributed by atoms with Crippen LogP contribution in [0.25, 0.3) is 11.0 Å². The summed E-state index contributed by atoms with van der Waals surface area (Å²) in [6, 6.07) is 7.88. The van der Waals surface area contributed by atoms with Crippen LogP contribution in [0.3, 0.4) is 0 Å². The van der Waals surface area contributed by atoms with Gasteiger partial charge in [-0.3, -0.25) is 9.59 Å². The monoisotopic (exact) mass is 384 g/mol. The van der Waals surface area contributed by atoms with Gasteiger partial charge in [0.1, 0.15) is 18.5 Å². The zero-order chi connectivity index (χ0) is 19.3. The lowest BCUT2D eigenvalue weighted by Gasteiger charge is -2.27. The quantitative estimate of drug-likeness (QED) is 0.825. The Hall–Kier alpha value is -2.41. The second kappa shape index (κ2) is 8.73. The Bertz CT molecular complexity index is 835. The highest BCUT2D eigenvalue weighted by molar-refractivity contribution is 5.82. The smallest absolute Gasteiger partial charge is 0.249 e. The molecule has 7 heteroatoms. The zero-order valence-electron chi connectivity index (χ0n) is 16.2. The van der Waals surface area contributed by atoms with E-state index >= 15 is 0 Å². The van der Waals surface area contributed by atoms with Crippen LogP contribution in [-0.4, -0.2) is 58.6 Å². The minimum atomic E-state index is -0.320. The van der Waals surface area contributed by atoms with Crippen molar-refractivity contribution in [2.24, 2.45) is 0 Å². The third kappa shape index (κ3) is 4.19. The molecular formula is C21H28N4O3. The first-order valence-electron chi connectivity index (χ1n) is 10.3. The van der Waals surface area contributed by atoms with Crippen molar-refractivity contribution in [1.82, 2.24) is 19.8 Å². The molecule has 2 aliphatic heterocycles. The fourth-order valence-corrected chi connectivity index (χ4v) is 4.07. The van der Waals surface area contributed by atoms with Gasteiger partial charge in [0.25, 0.3) is 0 Å². The van der Waals surface area contributed by atoms with Crippen LogP contribution in [0.4, 0.5) is 0 Å². The second-order valence-electron chi connectivity index (χ2n) is 7.59. The number of para-hydroxylation sites is 2. The van der Waals surface area contributed by atoms with Crippen molar-refractivity contribution in [1.29, 1.82) is 0 Å². The summed E-state index contributed by atoms with van der Waals surface area (Å²) in [5.74, 6) is 0.927. The van der Waals surface area contributed by atoms with Crippen LogP contribution < -0.4 is 5.32 Å². The molecule has 1 atom stereocenters. The molecule has 1 N–H and O–H groups in total. The highest BCUT2D eigenvalue weighted by Crippen LogP contribution is 2.18. The molecule has 0 radical (unpaired) electrons. The number of imidazole rings is 1. The summed E-state index contributed by atoms with van der Waals surface area (Å²) in [4.78, 5) is 31.6. The van der Waals surface area contributed by atoms with Gasteiger partial charge in [0.2, 0.25) is 11.8 Å².